The van der Waals surface area contributed by atoms with Gasteiger partial charge in [0.2, 0.25) is 0 Å². The maximum absolute atomic E-state index is 12.0. The maximum atomic E-state index is 12.0. The Labute approximate surface area is 153 Å². The van der Waals surface area contributed by atoms with E-state index in [2.05, 4.69) is 16.0 Å². The lowest BCUT2D eigenvalue weighted by molar-refractivity contribution is -0.124. The van der Waals surface area contributed by atoms with E-state index in [0.717, 1.165) is 31.2 Å². The van der Waals surface area contributed by atoms with E-state index in [-0.39, 0.29) is 30.6 Å². The van der Waals surface area contributed by atoms with Crippen LogP contribution in [0, 0.1) is 0 Å². The fourth-order valence-corrected chi connectivity index (χ4v) is 2.81. The summed E-state index contributed by atoms with van der Waals surface area (Å²) in [7, 11) is 0. The number of urea groups is 1. The summed E-state index contributed by atoms with van der Waals surface area (Å²) >= 11 is 0. The summed E-state index contributed by atoms with van der Waals surface area (Å²) in [6.45, 7) is 3.85. The van der Waals surface area contributed by atoms with Gasteiger partial charge in [-0.15, -0.1) is 0 Å². The van der Waals surface area contributed by atoms with Crippen molar-refractivity contribution in [3.8, 4) is 0 Å². The van der Waals surface area contributed by atoms with Gasteiger partial charge in [0.15, 0.2) is 6.61 Å². The fraction of sp³-hybridized carbons (Fsp3) is 0.526. The molecule has 0 aromatic heterocycles. The van der Waals surface area contributed by atoms with Gasteiger partial charge in [-0.25, -0.2) is 9.59 Å². The summed E-state index contributed by atoms with van der Waals surface area (Å²) in [6, 6.07) is 6.76. The van der Waals surface area contributed by atoms with Crippen LogP contribution in [0.25, 0.3) is 0 Å². The first-order valence-electron chi connectivity index (χ1n) is 9.04. The number of esters is 1. The summed E-state index contributed by atoms with van der Waals surface area (Å²) in [6.07, 6.45) is 4.24. The van der Waals surface area contributed by atoms with Crippen LogP contribution in [-0.2, 0) is 16.1 Å². The number of nitrogens with one attached hydrogen (secondary N) is 3. The molecule has 0 heterocycles. The largest absolute Gasteiger partial charge is 0.452 e. The molecule has 0 spiro atoms. The van der Waals surface area contributed by atoms with Gasteiger partial charge < -0.3 is 20.7 Å². The second kappa shape index (κ2) is 9.79. The van der Waals surface area contributed by atoms with Crippen molar-refractivity contribution in [3.05, 3.63) is 35.4 Å². The molecule has 1 aliphatic rings. The van der Waals surface area contributed by atoms with Crippen LogP contribution >= 0.6 is 0 Å². The third kappa shape index (κ3) is 6.74. The lowest BCUT2D eigenvalue weighted by atomic mass is 10.1. The molecular formula is C19H27N3O4. The number of ether oxygens (including phenoxy) is 1. The summed E-state index contributed by atoms with van der Waals surface area (Å²) in [5, 5.41) is 8.34. The minimum atomic E-state index is -0.538. The maximum Gasteiger partial charge on any atom is 0.338 e. The Morgan fingerprint density at radius 2 is 1.77 bits per heavy atom. The predicted molar refractivity (Wildman–Crippen MR) is 97.6 cm³/mol. The summed E-state index contributed by atoms with van der Waals surface area (Å²) in [5.74, 6) is -0.800. The number of carbonyl (C=O) groups is 3. The molecular weight excluding hydrogens is 334 g/mol. The van der Waals surface area contributed by atoms with Crippen LogP contribution in [0.15, 0.2) is 24.3 Å². The number of rotatable bonds is 7. The highest BCUT2D eigenvalue weighted by Gasteiger charge is 2.18. The summed E-state index contributed by atoms with van der Waals surface area (Å²) in [5.41, 5.74) is 1.23. The third-order valence-electron chi connectivity index (χ3n) is 4.12. The Hall–Kier alpha value is -2.57. The van der Waals surface area contributed by atoms with E-state index in [4.69, 9.17) is 4.74 Å². The van der Waals surface area contributed by atoms with Crippen LogP contribution in [-0.4, -0.2) is 36.6 Å². The van der Waals surface area contributed by atoms with Gasteiger partial charge in [-0.3, -0.25) is 4.79 Å². The van der Waals surface area contributed by atoms with E-state index >= 15 is 0 Å². The second-order valence-corrected chi connectivity index (χ2v) is 6.80. The van der Waals surface area contributed by atoms with Crippen molar-refractivity contribution < 1.29 is 19.1 Å². The normalized spacial score (nSPS) is 14.1. The predicted octanol–water partition coefficient (Wildman–Crippen LogP) is 2.11. The molecule has 0 radical (unpaired) electrons. The highest BCUT2D eigenvalue weighted by molar-refractivity contribution is 5.91. The Balaban J connectivity index is 1.73. The topological polar surface area (TPSA) is 96.5 Å². The lowest BCUT2D eigenvalue weighted by Gasteiger charge is -2.12. The van der Waals surface area contributed by atoms with Crippen LogP contribution in [0.5, 0.6) is 0 Å². The Morgan fingerprint density at radius 1 is 1.12 bits per heavy atom. The van der Waals surface area contributed by atoms with Crippen molar-refractivity contribution in [2.45, 2.75) is 58.2 Å². The molecule has 0 saturated heterocycles. The monoisotopic (exact) mass is 361 g/mol. The van der Waals surface area contributed by atoms with Crippen molar-refractivity contribution >= 4 is 17.9 Å². The number of carbonyl (C=O) groups excluding carboxylic acids is 3. The van der Waals surface area contributed by atoms with Gasteiger partial charge in [-0.05, 0) is 44.4 Å². The molecule has 7 heteroatoms. The zero-order valence-electron chi connectivity index (χ0n) is 15.3. The molecule has 1 aliphatic carbocycles. The highest BCUT2D eigenvalue weighted by atomic mass is 16.5. The molecule has 26 heavy (non-hydrogen) atoms. The minimum Gasteiger partial charge on any atom is -0.452 e. The molecule has 142 valence electrons. The van der Waals surface area contributed by atoms with Gasteiger partial charge in [0.25, 0.3) is 5.91 Å². The summed E-state index contributed by atoms with van der Waals surface area (Å²) < 4.78 is 5.05. The molecule has 3 amide bonds. The first-order valence-corrected chi connectivity index (χ1v) is 9.04. The molecule has 1 aromatic rings. The van der Waals surface area contributed by atoms with E-state index < -0.39 is 5.97 Å². The average Bonchev–Trinajstić information content (AvgIpc) is 3.10. The Morgan fingerprint density at radius 3 is 2.38 bits per heavy atom. The van der Waals surface area contributed by atoms with Crippen molar-refractivity contribution in [2.75, 3.05) is 6.61 Å². The summed E-state index contributed by atoms with van der Waals surface area (Å²) in [4.78, 5) is 35.3. The Bertz CT molecular complexity index is 622. The van der Waals surface area contributed by atoms with Gasteiger partial charge in [-0.1, -0.05) is 25.0 Å². The number of amides is 3. The molecule has 3 N–H and O–H groups in total. The standard InChI is InChI=1S/C19H27N3O4/c1-13(2)21-19(25)20-11-14-7-9-15(10-8-14)18(24)26-12-17(23)22-16-5-3-4-6-16/h7-10,13,16H,3-6,11-12H2,1-2H3,(H,22,23)(H2,20,21,25). The molecule has 7 nitrogen and oxygen atoms in total. The van der Waals surface area contributed by atoms with Crippen molar-refractivity contribution in [2.24, 2.45) is 0 Å². The SMILES string of the molecule is CC(C)NC(=O)NCc1ccc(C(=O)OCC(=O)NC2CCCC2)cc1. The number of hydrogen-bond acceptors (Lipinski definition) is 4. The number of benzene rings is 1. The van der Waals surface area contributed by atoms with Crippen LogP contribution in [0.4, 0.5) is 4.79 Å². The van der Waals surface area contributed by atoms with Crippen molar-refractivity contribution in [3.63, 3.8) is 0 Å². The van der Waals surface area contributed by atoms with Gasteiger partial charge in [0.05, 0.1) is 5.56 Å². The zero-order chi connectivity index (χ0) is 18.9. The molecule has 0 bridgehead atoms. The van der Waals surface area contributed by atoms with E-state index in [1.54, 1.807) is 24.3 Å². The van der Waals surface area contributed by atoms with E-state index in [0.29, 0.717) is 12.1 Å². The van der Waals surface area contributed by atoms with E-state index in [9.17, 15) is 14.4 Å². The van der Waals surface area contributed by atoms with Gasteiger partial charge in [-0.2, -0.15) is 0 Å². The van der Waals surface area contributed by atoms with Crippen molar-refractivity contribution in [1.29, 1.82) is 0 Å². The molecule has 2 rings (SSSR count). The van der Waals surface area contributed by atoms with Crippen molar-refractivity contribution in [1.82, 2.24) is 16.0 Å². The molecule has 0 aliphatic heterocycles. The number of hydrogen-bond donors (Lipinski definition) is 3. The van der Waals surface area contributed by atoms with E-state index in [1.165, 1.54) is 0 Å². The molecule has 1 fully saturated rings. The van der Waals surface area contributed by atoms with Gasteiger partial charge in [0.1, 0.15) is 0 Å². The van der Waals surface area contributed by atoms with Gasteiger partial charge in [0, 0.05) is 18.6 Å². The van der Waals surface area contributed by atoms with Crippen LogP contribution < -0.4 is 16.0 Å². The van der Waals surface area contributed by atoms with Gasteiger partial charge >= 0.3 is 12.0 Å². The molecule has 1 saturated carbocycles. The lowest BCUT2D eigenvalue weighted by Crippen LogP contribution is -2.39. The van der Waals surface area contributed by atoms with Crippen LogP contribution in [0.1, 0.15) is 55.5 Å². The average molecular weight is 361 g/mol. The van der Waals surface area contributed by atoms with Crippen LogP contribution in [0.3, 0.4) is 0 Å². The Kier molecular flexibility index (Phi) is 7.44. The first kappa shape index (κ1) is 19.8. The third-order valence-corrected chi connectivity index (χ3v) is 4.12. The smallest absolute Gasteiger partial charge is 0.338 e. The minimum absolute atomic E-state index is 0.0676. The first-order chi connectivity index (χ1) is 12.4. The van der Waals surface area contributed by atoms with Crippen LogP contribution in [0.2, 0.25) is 0 Å². The quantitative estimate of drug-likeness (QED) is 0.648. The fourth-order valence-electron chi connectivity index (χ4n) is 2.81. The molecule has 0 unspecified atom stereocenters. The molecule has 1 aromatic carbocycles. The molecule has 0 atom stereocenters. The highest BCUT2D eigenvalue weighted by Crippen LogP contribution is 2.17. The van der Waals surface area contributed by atoms with E-state index in [1.807, 2.05) is 13.8 Å². The second-order valence-electron chi connectivity index (χ2n) is 6.80. The zero-order valence-corrected chi connectivity index (χ0v) is 15.3.